The molecule has 1 aromatic carbocycles. The molecule has 1 heterocycles. The highest BCUT2D eigenvalue weighted by Crippen LogP contribution is 2.32. The number of rotatable bonds is 2. The van der Waals surface area contributed by atoms with Crippen LogP contribution in [0.4, 0.5) is 5.69 Å². The molecule has 4 heteroatoms. The van der Waals surface area contributed by atoms with Crippen LogP contribution in [0, 0.1) is 17.2 Å². The molecule has 1 aromatic heterocycles. The van der Waals surface area contributed by atoms with Gasteiger partial charge in [0.2, 0.25) is 0 Å². The van der Waals surface area contributed by atoms with Crippen molar-refractivity contribution in [2.45, 2.75) is 25.3 Å². The Kier molecular flexibility index (Phi) is 3.27. The van der Waals surface area contributed by atoms with E-state index in [1.165, 1.54) is 0 Å². The molecule has 0 saturated heterocycles. The lowest BCUT2D eigenvalue weighted by Crippen LogP contribution is -2.23. The summed E-state index contributed by atoms with van der Waals surface area (Å²) in [6.07, 6.45) is 4.89. The number of nitrogens with one attached hydrogen (secondary N) is 1. The van der Waals surface area contributed by atoms with Crippen LogP contribution in [0.25, 0.3) is 10.9 Å². The number of fused-ring (bicyclic) bond motifs is 1. The summed E-state index contributed by atoms with van der Waals surface area (Å²) in [5.41, 5.74) is 1.84. The zero-order valence-corrected chi connectivity index (χ0v) is 11.2. The first-order valence-corrected chi connectivity index (χ1v) is 6.87. The van der Waals surface area contributed by atoms with Gasteiger partial charge in [0.1, 0.15) is 0 Å². The molecule has 3 nitrogen and oxygen atoms in total. The van der Waals surface area contributed by atoms with Gasteiger partial charge in [-0.15, -0.1) is 0 Å². The summed E-state index contributed by atoms with van der Waals surface area (Å²) in [6.45, 7) is 0. The summed E-state index contributed by atoms with van der Waals surface area (Å²) in [4.78, 5) is 4.41. The Balaban J connectivity index is 1.98. The molecule has 0 radical (unpaired) electrons. The monoisotopic (exact) mass is 271 g/mol. The second-order valence-electron chi connectivity index (χ2n) is 4.91. The molecular formula is C15H14ClN3. The number of hydrogen-bond donors (Lipinski definition) is 1. The second kappa shape index (κ2) is 5.07. The predicted octanol–water partition coefficient (Wildman–Crippen LogP) is 3.99. The first-order valence-electron chi connectivity index (χ1n) is 6.49. The van der Waals surface area contributed by atoms with Gasteiger partial charge >= 0.3 is 0 Å². The molecule has 0 amide bonds. The largest absolute Gasteiger partial charge is 0.379 e. The van der Waals surface area contributed by atoms with Crippen LogP contribution in [0.15, 0.2) is 30.5 Å². The van der Waals surface area contributed by atoms with E-state index >= 15 is 0 Å². The lowest BCUT2D eigenvalue weighted by atomic mass is 10.0. The second-order valence-corrected chi connectivity index (χ2v) is 5.32. The van der Waals surface area contributed by atoms with Gasteiger partial charge in [-0.05, 0) is 43.5 Å². The van der Waals surface area contributed by atoms with Gasteiger partial charge in [0.25, 0.3) is 0 Å². The van der Waals surface area contributed by atoms with Crippen LogP contribution in [0.2, 0.25) is 5.02 Å². The summed E-state index contributed by atoms with van der Waals surface area (Å²) >= 11 is 6.18. The Hall–Kier alpha value is -1.79. The minimum atomic E-state index is 0.0921. The van der Waals surface area contributed by atoms with E-state index in [2.05, 4.69) is 16.4 Å². The predicted molar refractivity (Wildman–Crippen MR) is 77.1 cm³/mol. The van der Waals surface area contributed by atoms with Crippen molar-refractivity contribution >= 4 is 28.2 Å². The Morgan fingerprint density at radius 3 is 3.05 bits per heavy atom. The quantitative estimate of drug-likeness (QED) is 0.898. The standard InChI is InChI=1S/C15H14ClN3/c16-12-6-7-14(15-11(12)4-2-8-18-15)19-13-5-1-3-10(13)9-17/h2,4,6-8,10,13,19H,1,3,5H2. The van der Waals surface area contributed by atoms with E-state index in [0.29, 0.717) is 5.02 Å². The summed E-state index contributed by atoms with van der Waals surface area (Å²) in [5.74, 6) is 0.0921. The van der Waals surface area contributed by atoms with Crippen molar-refractivity contribution in [1.29, 1.82) is 5.26 Å². The Morgan fingerprint density at radius 1 is 1.32 bits per heavy atom. The first-order chi connectivity index (χ1) is 9.29. The Morgan fingerprint density at radius 2 is 2.21 bits per heavy atom. The van der Waals surface area contributed by atoms with Crippen molar-refractivity contribution in [2.24, 2.45) is 5.92 Å². The highest BCUT2D eigenvalue weighted by Gasteiger charge is 2.27. The van der Waals surface area contributed by atoms with E-state index < -0.39 is 0 Å². The lowest BCUT2D eigenvalue weighted by molar-refractivity contribution is 0.630. The third-order valence-electron chi connectivity index (χ3n) is 3.74. The van der Waals surface area contributed by atoms with E-state index in [1.807, 2.05) is 24.3 Å². The molecule has 2 unspecified atom stereocenters. The summed E-state index contributed by atoms with van der Waals surface area (Å²) < 4.78 is 0. The highest BCUT2D eigenvalue weighted by molar-refractivity contribution is 6.35. The van der Waals surface area contributed by atoms with Crippen molar-refractivity contribution in [3.8, 4) is 6.07 Å². The molecule has 0 bridgehead atoms. The fourth-order valence-corrected chi connectivity index (χ4v) is 2.96. The SMILES string of the molecule is N#CC1CCCC1Nc1ccc(Cl)c2cccnc12. The number of aromatic nitrogens is 1. The summed E-state index contributed by atoms with van der Waals surface area (Å²) in [7, 11) is 0. The summed E-state index contributed by atoms with van der Waals surface area (Å²) in [6, 6.07) is 10.3. The third-order valence-corrected chi connectivity index (χ3v) is 4.07. The van der Waals surface area contributed by atoms with Crippen molar-refractivity contribution in [1.82, 2.24) is 4.98 Å². The number of anilines is 1. The molecule has 2 aromatic rings. The van der Waals surface area contributed by atoms with E-state index in [-0.39, 0.29) is 12.0 Å². The number of halogens is 1. The molecular weight excluding hydrogens is 258 g/mol. The molecule has 0 spiro atoms. The van der Waals surface area contributed by atoms with Crippen molar-refractivity contribution < 1.29 is 0 Å². The van der Waals surface area contributed by atoms with Gasteiger partial charge in [0, 0.05) is 17.6 Å². The van der Waals surface area contributed by atoms with Crippen molar-refractivity contribution in [2.75, 3.05) is 5.32 Å². The maximum absolute atomic E-state index is 9.15. The number of nitriles is 1. The average molecular weight is 272 g/mol. The normalized spacial score (nSPS) is 22.3. The highest BCUT2D eigenvalue weighted by atomic mass is 35.5. The molecule has 2 atom stereocenters. The smallest absolute Gasteiger partial charge is 0.0948 e. The van der Waals surface area contributed by atoms with Gasteiger partial charge in [0.05, 0.1) is 28.2 Å². The molecule has 1 aliphatic rings. The van der Waals surface area contributed by atoms with Crippen LogP contribution < -0.4 is 5.32 Å². The summed E-state index contributed by atoms with van der Waals surface area (Å²) in [5, 5.41) is 14.3. The van der Waals surface area contributed by atoms with Gasteiger partial charge in [0.15, 0.2) is 0 Å². The lowest BCUT2D eigenvalue weighted by Gasteiger charge is -2.18. The molecule has 1 fully saturated rings. The maximum Gasteiger partial charge on any atom is 0.0948 e. The van der Waals surface area contributed by atoms with Crippen LogP contribution in [-0.4, -0.2) is 11.0 Å². The number of hydrogen-bond acceptors (Lipinski definition) is 3. The Labute approximate surface area is 117 Å². The van der Waals surface area contributed by atoms with Crippen molar-refractivity contribution in [3.05, 3.63) is 35.5 Å². The zero-order valence-electron chi connectivity index (χ0n) is 10.4. The van der Waals surface area contributed by atoms with Gasteiger partial charge < -0.3 is 5.32 Å². The molecule has 1 aliphatic carbocycles. The molecule has 0 aliphatic heterocycles. The maximum atomic E-state index is 9.15. The molecule has 3 rings (SSSR count). The van der Waals surface area contributed by atoms with Crippen LogP contribution in [0.1, 0.15) is 19.3 Å². The van der Waals surface area contributed by atoms with E-state index in [4.69, 9.17) is 16.9 Å². The van der Waals surface area contributed by atoms with E-state index in [0.717, 1.165) is 35.9 Å². The minimum Gasteiger partial charge on any atom is -0.379 e. The number of benzene rings is 1. The number of nitrogens with zero attached hydrogens (tertiary/aromatic N) is 2. The van der Waals surface area contributed by atoms with E-state index in [9.17, 15) is 0 Å². The molecule has 1 saturated carbocycles. The van der Waals surface area contributed by atoms with Gasteiger partial charge in [-0.1, -0.05) is 11.6 Å². The van der Waals surface area contributed by atoms with Gasteiger partial charge in [-0.25, -0.2) is 0 Å². The van der Waals surface area contributed by atoms with Crippen LogP contribution >= 0.6 is 11.6 Å². The van der Waals surface area contributed by atoms with Crippen LogP contribution in [-0.2, 0) is 0 Å². The fraction of sp³-hybridized carbons (Fsp3) is 0.333. The number of pyridine rings is 1. The van der Waals surface area contributed by atoms with Crippen molar-refractivity contribution in [3.63, 3.8) is 0 Å². The van der Waals surface area contributed by atoms with Gasteiger partial charge in [-0.2, -0.15) is 5.26 Å². The Bertz CT molecular complexity index is 647. The topological polar surface area (TPSA) is 48.7 Å². The van der Waals surface area contributed by atoms with Crippen LogP contribution in [0.3, 0.4) is 0 Å². The molecule has 96 valence electrons. The van der Waals surface area contributed by atoms with Crippen LogP contribution in [0.5, 0.6) is 0 Å². The average Bonchev–Trinajstić information content (AvgIpc) is 2.89. The fourth-order valence-electron chi connectivity index (χ4n) is 2.74. The molecule has 19 heavy (non-hydrogen) atoms. The minimum absolute atomic E-state index is 0.0921. The molecule has 1 N–H and O–H groups in total. The van der Waals surface area contributed by atoms with Gasteiger partial charge in [-0.3, -0.25) is 4.98 Å². The third kappa shape index (κ3) is 2.24. The van der Waals surface area contributed by atoms with E-state index in [1.54, 1.807) is 6.20 Å². The first kappa shape index (κ1) is 12.3. The zero-order chi connectivity index (χ0) is 13.2.